The molecule has 1 aromatic heterocycles. The molecule has 2 N–H and O–H groups in total. The summed E-state index contributed by atoms with van der Waals surface area (Å²) in [6.07, 6.45) is 3.98. The van der Waals surface area contributed by atoms with Gasteiger partial charge in [-0.25, -0.2) is 13.4 Å². The summed E-state index contributed by atoms with van der Waals surface area (Å²) in [6, 6.07) is 16.6. The van der Waals surface area contributed by atoms with E-state index in [-0.39, 0.29) is 10.8 Å². The highest BCUT2D eigenvalue weighted by atomic mass is 32.2. The zero-order valence-electron chi connectivity index (χ0n) is 17.2. The molecule has 8 heteroatoms. The van der Waals surface area contributed by atoms with E-state index in [9.17, 15) is 13.2 Å². The van der Waals surface area contributed by atoms with Crippen molar-refractivity contribution in [3.63, 3.8) is 0 Å². The second-order valence-electron chi connectivity index (χ2n) is 7.55. The third-order valence-electron chi connectivity index (χ3n) is 5.17. The van der Waals surface area contributed by atoms with Gasteiger partial charge in [-0.2, -0.15) is 0 Å². The van der Waals surface area contributed by atoms with Crippen LogP contribution in [-0.4, -0.2) is 32.4 Å². The van der Waals surface area contributed by atoms with Crippen LogP contribution in [0, 0.1) is 6.92 Å². The third-order valence-corrected chi connectivity index (χ3v) is 6.56. The minimum atomic E-state index is -3.74. The third kappa shape index (κ3) is 5.03. The molecule has 2 aromatic carbocycles. The monoisotopic (exact) mass is 436 g/mol. The summed E-state index contributed by atoms with van der Waals surface area (Å²) in [7, 11) is -3.74. The van der Waals surface area contributed by atoms with E-state index in [2.05, 4.69) is 19.9 Å². The van der Waals surface area contributed by atoms with Crippen molar-refractivity contribution in [2.24, 2.45) is 0 Å². The van der Waals surface area contributed by atoms with Gasteiger partial charge in [0, 0.05) is 24.3 Å². The zero-order valence-corrected chi connectivity index (χ0v) is 18.0. The molecule has 2 heterocycles. The molecule has 0 atom stereocenters. The van der Waals surface area contributed by atoms with Crippen molar-refractivity contribution >= 4 is 33.1 Å². The number of benzene rings is 2. The van der Waals surface area contributed by atoms with E-state index in [1.807, 2.05) is 31.2 Å². The average molecular weight is 437 g/mol. The van der Waals surface area contributed by atoms with E-state index in [0.717, 1.165) is 24.5 Å². The van der Waals surface area contributed by atoms with Gasteiger partial charge in [-0.1, -0.05) is 17.7 Å². The Morgan fingerprint density at radius 2 is 1.55 bits per heavy atom. The molecule has 31 heavy (non-hydrogen) atoms. The number of aryl methyl sites for hydroxylation is 1. The van der Waals surface area contributed by atoms with E-state index in [0.29, 0.717) is 16.9 Å². The van der Waals surface area contributed by atoms with Gasteiger partial charge in [-0.3, -0.25) is 9.52 Å². The smallest absolute Gasteiger partial charge is 0.261 e. The van der Waals surface area contributed by atoms with Gasteiger partial charge in [0.2, 0.25) is 0 Å². The lowest BCUT2D eigenvalue weighted by molar-refractivity contribution is 0.102. The second kappa shape index (κ2) is 8.77. The largest absolute Gasteiger partial charge is 0.357 e. The van der Waals surface area contributed by atoms with Crippen LogP contribution in [0.2, 0.25) is 0 Å². The van der Waals surface area contributed by atoms with Crippen LogP contribution in [0.5, 0.6) is 0 Å². The Balaban J connectivity index is 1.41. The highest BCUT2D eigenvalue weighted by Gasteiger charge is 2.16. The highest BCUT2D eigenvalue weighted by molar-refractivity contribution is 7.92. The summed E-state index contributed by atoms with van der Waals surface area (Å²) in [6.45, 7) is 3.94. The molecule has 0 unspecified atom stereocenters. The number of hydrogen-bond donors (Lipinski definition) is 2. The predicted octanol–water partition coefficient (Wildman–Crippen LogP) is 4.04. The Labute approximate surface area is 182 Å². The predicted molar refractivity (Wildman–Crippen MR) is 122 cm³/mol. The fourth-order valence-electron chi connectivity index (χ4n) is 3.42. The number of nitrogens with zero attached hydrogens (tertiary/aromatic N) is 2. The fraction of sp³-hybridized carbons (Fsp3) is 0.217. The Morgan fingerprint density at radius 1 is 0.903 bits per heavy atom. The van der Waals surface area contributed by atoms with Crippen LogP contribution < -0.4 is 14.9 Å². The van der Waals surface area contributed by atoms with Crippen molar-refractivity contribution in [3.8, 4) is 0 Å². The number of aromatic nitrogens is 1. The molecule has 0 saturated carbocycles. The number of rotatable bonds is 6. The number of hydrogen-bond acceptors (Lipinski definition) is 5. The maximum Gasteiger partial charge on any atom is 0.261 e. The molecule has 1 saturated heterocycles. The summed E-state index contributed by atoms with van der Waals surface area (Å²) in [5.41, 5.74) is 2.47. The lowest BCUT2D eigenvalue weighted by Gasteiger charge is -2.16. The topological polar surface area (TPSA) is 91.4 Å². The highest BCUT2D eigenvalue weighted by Crippen LogP contribution is 2.20. The maximum absolute atomic E-state index is 12.6. The van der Waals surface area contributed by atoms with Crippen molar-refractivity contribution in [3.05, 3.63) is 78.0 Å². The van der Waals surface area contributed by atoms with Crippen LogP contribution in [0.1, 0.15) is 28.8 Å². The van der Waals surface area contributed by atoms with Gasteiger partial charge in [-0.05, 0) is 68.3 Å². The molecule has 7 nitrogen and oxygen atoms in total. The van der Waals surface area contributed by atoms with Gasteiger partial charge in [0.15, 0.2) is 0 Å². The number of nitrogens with one attached hydrogen (secondary N) is 2. The van der Waals surface area contributed by atoms with Crippen molar-refractivity contribution < 1.29 is 13.2 Å². The standard InChI is InChI=1S/C23H24N4O3S/c1-17-4-8-19(9-5-17)26-31(29,30)21-11-6-18(7-12-21)23(28)25-20-10-13-22(24-16-20)27-14-2-3-15-27/h4-13,16,26H,2-3,14-15H2,1H3,(H,25,28). The molecule has 0 bridgehead atoms. The van der Waals surface area contributed by atoms with Gasteiger partial charge >= 0.3 is 0 Å². The van der Waals surface area contributed by atoms with E-state index in [1.165, 1.54) is 37.1 Å². The first-order valence-electron chi connectivity index (χ1n) is 10.1. The Hall–Kier alpha value is -3.39. The van der Waals surface area contributed by atoms with Gasteiger partial charge in [0.05, 0.1) is 16.8 Å². The molecule has 4 rings (SSSR count). The summed E-state index contributed by atoms with van der Waals surface area (Å²) in [5, 5.41) is 2.79. The van der Waals surface area contributed by atoms with Gasteiger partial charge in [-0.15, -0.1) is 0 Å². The van der Waals surface area contributed by atoms with Crippen molar-refractivity contribution in [1.29, 1.82) is 0 Å². The van der Waals surface area contributed by atoms with Crippen molar-refractivity contribution in [2.45, 2.75) is 24.7 Å². The van der Waals surface area contributed by atoms with E-state index >= 15 is 0 Å². The van der Waals surface area contributed by atoms with Crippen LogP contribution in [0.25, 0.3) is 0 Å². The molecule has 0 aliphatic carbocycles. The molecular formula is C23H24N4O3S. The molecule has 1 fully saturated rings. The summed E-state index contributed by atoms with van der Waals surface area (Å²) < 4.78 is 27.7. The number of carbonyl (C=O) groups excluding carboxylic acids is 1. The maximum atomic E-state index is 12.6. The number of amides is 1. The fourth-order valence-corrected chi connectivity index (χ4v) is 4.48. The van der Waals surface area contributed by atoms with Crippen molar-refractivity contribution in [1.82, 2.24) is 4.98 Å². The van der Waals surface area contributed by atoms with E-state index in [4.69, 9.17) is 0 Å². The Kier molecular flexibility index (Phi) is 5.90. The van der Waals surface area contributed by atoms with Crippen LogP contribution in [0.4, 0.5) is 17.2 Å². The molecule has 1 aliphatic rings. The summed E-state index contributed by atoms with van der Waals surface area (Å²) in [5.74, 6) is 0.581. The first-order chi connectivity index (χ1) is 14.9. The first kappa shape index (κ1) is 20.9. The van der Waals surface area contributed by atoms with Gasteiger partial charge in [0.1, 0.15) is 5.82 Å². The molecule has 1 aliphatic heterocycles. The SMILES string of the molecule is Cc1ccc(NS(=O)(=O)c2ccc(C(=O)Nc3ccc(N4CCCC4)nc3)cc2)cc1. The molecule has 160 valence electrons. The molecule has 1 amide bonds. The quantitative estimate of drug-likeness (QED) is 0.608. The molecule has 3 aromatic rings. The Morgan fingerprint density at radius 3 is 2.16 bits per heavy atom. The molecule has 0 radical (unpaired) electrons. The first-order valence-corrected chi connectivity index (χ1v) is 11.6. The van der Waals surface area contributed by atoms with E-state index < -0.39 is 10.0 Å². The van der Waals surface area contributed by atoms with Gasteiger partial charge < -0.3 is 10.2 Å². The van der Waals surface area contributed by atoms with Crippen LogP contribution in [0.3, 0.4) is 0 Å². The summed E-state index contributed by atoms with van der Waals surface area (Å²) in [4.78, 5) is 19.2. The number of pyridine rings is 1. The number of anilines is 3. The normalized spacial score (nSPS) is 13.8. The molecule has 0 spiro atoms. The summed E-state index contributed by atoms with van der Waals surface area (Å²) >= 11 is 0. The van der Waals surface area contributed by atoms with Crippen LogP contribution >= 0.6 is 0 Å². The number of sulfonamides is 1. The van der Waals surface area contributed by atoms with E-state index in [1.54, 1.807) is 18.3 Å². The average Bonchev–Trinajstić information content (AvgIpc) is 3.31. The zero-order chi connectivity index (χ0) is 21.8. The molecular weight excluding hydrogens is 412 g/mol. The second-order valence-corrected chi connectivity index (χ2v) is 9.23. The van der Waals surface area contributed by atoms with Crippen LogP contribution in [0.15, 0.2) is 71.8 Å². The lowest BCUT2D eigenvalue weighted by Crippen LogP contribution is -2.19. The minimum absolute atomic E-state index is 0.0845. The van der Waals surface area contributed by atoms with Crippen molar-refractivity contribution in [2.75, 3.05) is 28.0 Å². The minimum Gasteiger partial charge on any atom is -0.357 e. The van der Waals surface area contributed by atoms with Crippen LogP contribution in [-0.2, 0) is 10.0 Å². The van der Waals surface area contributed by atoms with Gasteiger partial charge in [0.25, 0.3) is 15.9 Å². The lowest BCUT2D eigenvalue weighted by atomic mass is 10.2. The number of carbonyl (C=O) groups is 1. The Bertz CT molecular complexity index is 1150.